The molecule has 9 aromatic carbocycles. The fourth-order valence-corrected chi connectivity index (χ4v) is 7.69. The van der Waals surface area contributed by atoms with Crippen LogP contribution >= 0.6 is 0 Å². The maximum atomic E-state index is 6.38. The molecule has 52 heavy (non-hydrogen) atoms. The minimum Gasteiger partial charge on any atom is -0.456 e. The average molecular weight is 664 g/mol. The number of anilines is 3. The molecule has 0 aliphatic carbocycles. The zero-order valence-corrected chi connectivity index (χ0v) is 28.4. The van der Waals surface area contributed by atoms with Crippen LogP contribution in [0.15, 0.2) is 205 Å². The Morgan fingerprint density at radius 3 is 1.85 bits per heavy atom. The second-order valence-electron chi connectivity index (χ2n) is 13.4. The maximum Gasteiger partial charge on any atom is 0.137 e. The first kappa shape index (κ1) is 30.0. The molecule has 0 N–H and O–H groups in total. The van der Waals surface area contributed by atoms with E-state index in [1.54, 1.807) is 0 Å². The summed E-state index contributed by atoms with van der Waals surface area (Å²) in [5.41, 5.74) is 12.2. The predicted molar refractivity (Wildman–Crippen MR) is 220 cm³/mol. The highest BCUT2D eigenvalue weighted by molar-refractivity contribution is 6.13. The van der Waals surface area contributed by atoms with E-state index in [-0.39, 0.29) is 0 Å². The lowest BCUT2D eigenvalue weighted by molar-refractivity contribution is 0.669. The summed E-state index contributed by atoms with van der Waals surface area (Å²) in [4.78, 5) is 2.37. The lowest BCUT2D eigenvalue weighted by Gasteiger charge is -2.27. The molecule has 1 aromatic heterocycles. The summed E-state index contributed by atoms with van der Waals surface area (Å²) < 4.78 is 6.38. The zero-order chi connectivity index (χ0) is 34.4. The van der Waals surface area contributed by atoms with E-state index in [1.807, 2.05) is 12.1 Å². The summed E-state index contributed by atoms with van der Waals surface area (Å²) >= 11 is 0. The summed E-state index contributed by atoms with van der Waals surface area (Å²) in [6, 6.07) is 71.8. The second-order valence-corrected chi connectivity index (χ2v) is 13.4. The number of benzene rings is 9. The summed E-state index contributed by atoms with van der Waals surface area (Å²) in [6.07, 6.45) is 0. The van der Waals surface area contributed by atoms with Crippen molar-refractivity contribution in [3.63, 3.8) is 0 Å². The maximum absolute atomic E-state index is 6.38. The Bertz CT molecular complexity index is 2900. The van der Waals surface area contributed by atoms with Crippen LogP contribution in [0.2, 0.25) is 0 Å². The highest BCUT2D eigenvalue weighted by Gasteiger charge is 2.20. The molecule has 0 aliphatic rings. The fourth-order valence-electron chi connectivity index (χ4n) is 7.69. The van der Waals surface area contributed by atoms with Crippen molar-refractivity contribution in [3.8, 4) is 33.4 Å². The van der Waals surface area contributed by atoms with Crippen molar-refractivity contribution in [1.82, 2.24) is 0 Å². The van der Waals surface area contributed by atoms with Crippen molar-refractivity contribution < 1.29 is 4.42 Å². The Hall–Kier alpha value is -6.90. The number of fused-ring (bicyclic) bond motifs is 5. The van der Waals surface area contributed by atoms with Crippen LogP contribution in [0.25, 0.3) is 76.9 Å². The van der Waals surface area contributed by atoms with Crippen LogP contribution in [-0.4, -0.2) is 0 Å². The minimum atomic E-state index is 0.872. The van der Waals surface area contributed by atoms with E-state index in [1.165, 1.54) is 54.9 Å². The van der Waals surface area contributed by atoms with Gasteiger partial charge in [-0.2, -0.15) is 0 Å². The molecule has 0 fully saturated rings. The molecule has 0 aliphatic heterocycles. The molecule has 0 saturated heterocycles. The first-order valence-electron chi connectivity index (χ1n) is 17.8. The van der Waals surface area contributed by atoms with Gasteiger partial charge in [0, 0.05) is 16.8 Å². The molecule has 0 saturated carbocycles. The summed E-state index contributed by atoms with van der Waals surface area (Å²) in [6.45, 7) is 0. The van der Waals surface area contributed by atoms with E-state index >= 15 is 0 Å². The van der Waals surface area contributed by atoms with Crippen molar-refractivity contribution in [2.45, 2.75) is 0 Å². The molecule has 10 rings (SSSR count). The Labute approximate surface area is 302 Å². The van der Waals surface area contributed by atoms with Gasteiger partial charge in [-0.3, -0.25) is 0 Å². The number of rotatable bonds is 6. The zero-order valence-electron chi connectivity index (χ0n) is 28.4. The van der Waals surface area contributed by atoms with Crippen molar-refractivity contribution in [2.24, 2.45) is 0 Å². The molecule has 10 aromatic rings. The average Bonchev–Trinajstić information content (AvgIpc) is 3.61. The molecule has 1 heterocycles. The van der Waals surface area contributed by atoms with E-state index in [4.69, 9.17) is 4.42 Å². The minimum absolute atomic E-state index is 0.872. The van der Waals surface area contributed by atoms with Gasteiger partial charge >= 0.3 is 0 Å². The van der Waals surface area contributed by atoms with Gasteiger partial charge in [-0.25, -0.2) is 0 Å². The third-order valence-electron chi connectivity index (χ3n) is 10.2. The summed E-state index contributed by atoms with van der Waals surface area (Å²) in [5, 5.41) is 7.16. The van der Waals surface area contributed by atoms with Crippen molar-refractivity contribution in [2.75, 3.05) is 4.90 Å². The van der Waals surface area contributed by atoms with E-state index in [9.17, 15) is 0 Å². The molecule has 0 spiro atoms. The topological polar surface area (TPSA) is 16.4 Å². The van der Waals surface area contributed by atoms with E-state index in [0.29, 0.717) is 0 Å². The van der Waals surface area contributed by atoms with Crippen LogP contribution in [0.5, 0.6) is 0 Å². The number of nitrogens with zero attached hydrogens (tertiary/aromatic N) is 1. The van der Waals surface area contributed by atoms with Crippen LogP contribution < -0.4 is 4.90 Å². The van der Waals surface area contributed by atoms with Crippen LogP contribution in [-0.2, 0) is 0 Å². The van der Waals surface area contributed by atoms with Gasteiger partial charge in [-0.05, 0) is 110 Å². The number of para-hydroxylation sites is 1. The van der Waals surface area contributed by atoms with Crippen molar-refractivity contribution in [1.29, 1.82) is 0 Å². The van der Waals surface area contributed by atoms with Crippen molar-refractivity contribution in [3.05, 3.63) is 200 Å². The van der Waals surface area contributed by atoms with E-state index in [0.717, 1.165) is 39.0 Å². The van der Waals surface area contributed by atoms with Gasteiger partial charge < -0.3 is 9.32 Å². The highest BCUT2D eigenvalue weighted by atomic mass is 16.3. The quantitative estimate of drug-likeness (QED) is 0.176. The van der Waals surface area contributed by atoms with Gasteiger partial charge in [0.05, 0.1) is 11.1 Å². The monoisotopic (exact) mass is 663 g/mol. The number of hydrogen-bond donors (Lipinski definition) is 0. The first-order chi connectivity index (χ1) is 25.8. The second kappa shape index (κ2) is 12.5. The highest BCUT2D eigenvalue weighted by Crippen LogP contribution is 2.44. The Morgan fingerprint density at radius 1 is 0.327 bits per heavy atom. The van der Waals surface area contributed by atoms with Crippen LogP contribution in [0, 0.1) is 0 Å². The Morgan fingerprint density at radius 2 is 0.962 bits per heavy atom. The molecular weight excluding hydrogens is 631 g/mol. The molecule has 0 unspecified atom stereocenters. The molecule has 2 heteroatoms. The van der Waals surface area contributed by atoms with Gasteiger partial charge in [0.1, 0.15) is 11.2 Å². The predicted octanol–water partition coefficient (Wildman–Crippen LogP) is 14.4. The third-order valence-corrected chi connectivity index (χ3v) is 10.2. The largest absolute Gasteiger partial charge is 0.456 e. The molecule has 0 amide bonds. The van der Waals surface area contributed by atoms with Crippen LogP contribution in [0.3, 0.4) is 0 Å². The number of furan rings is 1. The summed E-state index contributed by atoms with van der Waals surface area (Å²) in [7, 11) is 0. The standard InChI is InChI=1S/C50H33NO/c1-2-12-36(13-3-1)44-19-9-15-37-24-26-41(33-46(37)44)35-27-29-42(30-28-35)51(47-20-10-22-49-50(47)45-18-6-7-21-48(45)52-49)43-17-8-16-39(32-43)40-25-23-34-11-4-5-14-38(34)31-40/h1-33H. The summed E-state index contributed by atoms with van der Waals surface area (Å²) in [5.74, 6) is 0. The normalized spacial score (nSPS) is 11.5. The van der Waals surface area contributed by atoms with Gasteiger partial charge in [0.25, 0.3) is 0 Å². The van der Waals surface area contributed by atoms with E-state index < -0.39 is 0 Å². The first-order valence-corrected chi connectivity index (χ1v) is 17.8. The smallest absolute Gasteiger partial charge is 0.137 e. The van der Waals surface area contributed by atoms with Crippen molar-refractivity contribution >= 4 is 60.5 Å². The van der Waals surface area contributed by atoms with E-state index in [2.05, 4.69) is 193 Å². The van der Waals surface area contributed by atoms with Gasteiger partial charge in [-0.1, -0.05) is 146 Å². The Kier molecular flexibility index (Phi) is 7.18. The number of hydrogen-bond acceptors (Lipinski definition) is 2. The fraction of sp³-hybridized carbons (Fsp3) is 0. The van der Waals surface area contributed by atoms with Gasteiger partial charge in [0.2, 0.25) is 0 Å². The van der Waals surface area contributed by atoms with Crippen LogP contribution in [0.4, 0.5) is 17.1 Å². The Balaban J connectivity index is 1.12. The third kappa shape index (κ3) is 5.21. The molecule has 0 atom stereocenters. The van der Waals surface area contributed by atoms with Crippen LogP contribution in [0.1, 0.15) is 0 Å². The SMILES string of the molecule is c1ccc(-c2cccc3ccc(-c4ccc(N(c5cccc(-c6ccc7ccccc7c6)c5)c5cccc6oc7ccccc7c56)cc4)cc23)cc1. The molecule has 244 valence electrons. The lowest BCUT2D eigenvalue weighted by atomic mass is 9.95. The van der Waals surface area contributed by atoms with Gasteiger partial charge in [0.15, 0.2) is 0 Å². The molecule has 0 bridgehead atoms. The molecular formula is C50H33NO. The van der Waals surface area contributed by atoms with Gasteiger partial charge in [-0.15, -0.1) is 0 Å². The molecule has 2 nitrogen and oxygen atoms in total. The lowest BCUT2D eigenvalue weighted by Crippen LogP contribution is -2.10. The molecule has 0 radical (unpaired) electrons.